The van der Waals surface area contributed by atoms with Gasteiger partial charge in [0.25, 0.3) is 0 Å². The molecule has 0 bridgehead atoms. The summed E-state index contributed by atoms with van der Waals surface area (Å²) < 4.78 is -0.567. The number of nitrogens with zero attached hydrogens (tertiary/aromatic N) is 1. The van der Waals surface area contributed by atoms with Crippen molar-refractivity contribution in [2.45, 2.75) is 31.0 Å². The van der Waals surface area contributed by atoms with Gasteiger partial charge in [-0.15, -0.1) is 0 Å². The number of nitriles is 1. The average molecular weight is 219 g/mol. The first-order valence-electron chi connectivity index (χ1n) is 3.49. The molecular weight excluding hydrogens is 208 g/mol. The van der Waals surface area contributed by atoms with Crippen molar-refractivity contribution >= 4 is 21.8 Å². The lowest BCUT2D eigenvalue weighted by atomic mass is 10.0. The molecule has 11 heavy (non-hydrogen) atoms. The summed E-state index contributed by atoms with van der Waals surface area (Å²) in [7, 11) is 0. The maximum atomic E-state index is 11.1. The zero-order valence-electron chi connectivity index (χ0n) is 6.65. The second-order valence-corrected chi connectivity index (χ2v) is 3.76. The quantitative estimate of drug-likeness (QED) is 0.444. The molecule has 0 rings (SSSR count). The van der Waals surface area contributed by atoms with Gasteiger partial charge in [-0.3, -0.25) is 10.1 Å². The molecule has 4 heteroatoms. The Hall–Kier alpha value is -0.560. The third-order valence-corrected chi connectivity index (χ3v) is 3.18. The van der Waals surface area contributed by atoms with Gasteiger partial charge in [-0.1, -0.05) is 29.8 Å². The monoisotopic (exact) mass is 218 g/mol. The van der Waals surface area contributed by atoms with E-state index in [0.29, 0.717) is 12.8 Å². The molecule has 0 aliphatic carbocycles. The summed E-state index contributed by atoms with van der Waals surface area (Å²) in [5.74, 6) is -0.259. The van der Waals surface area contributed by atoms with E-state index in [1.165, 1.54) is 0 Å². The van der Waals surface area contributed by atoms with Crippen molar-refractivity contribution in [2.75, 3.05) is 0 Å². The standard InChI is InChI=1S/C7H11BrN2O/c1-3-7(8,4-2)6(11)10-5-9/h3-4H2,1-2H3,(H,10,11). The second kappa shape index (κ2) is 4.35. The Morgan fingerprint density at radius 2 is 2.09 bits per heavy atom. The molecule has 0 saturated heterocycles. The minimum absolute atomic E-state index is 0.259. The number of amides is 1. The predicted molar refractivity (Wildman–Crippen MR) is 46.0 cm³/mol. The van der Waals surface area contributed by atoms with Crippen LogP contribution in [0.3, 0.4) is 0 Å². The zero-order chi connectivity index (χ0) is 8.91. The first-order valence-corrected chi connectivity index (χ1v) is 4.28. The van der Waals surface area contributed by atoms with Crippen LogP contribution in [0, 0.1) is 11.5 Å². The van der Waals surface area contributed by atoms with Gasteiger partial charge in [0.2, 0.25) is 5.91 Å². The summed E-state index contributed by atoms with van der Waals surface area (Å²) in [4.78, 5) is 11.1. The fourth-order valence-corrected chi connectivity index (χ4v) is 0.833. The number of carbonyl (C=O) groups is 1. The van der Waals surface area contributed by atoms with E-state index in [2.05, 4.69) is 21.2 Å². The maximum absolute atomic E-state index is 11.1. The van der Waals surface area contributed by atoms with E-state index in [4.69, 9.17) is 5.26 Å². The van der Waals surface area contributed by atoms with Crippen molar-refractivity contribution in [3.63, 3.8) is 0 Å². The molecule has 1 N–H and O–H groups in total. The van der Waals surface area contributed by atoms with Gasteiger partial charge in [-0.25, -0.2) is 0 Å². The summed E-state index contributed by atoms with van der Waals surface area (Å²) in [5, 5.41) is 10.3. The van der Waals surface area contributed by atoms with Crippen molar-refractivity contribution < 1.29 is 4.79 Å². The Balaban J connectivity index is 4.27. The molecule has 0 spiro atoms. The van der Waals surface area contributed by atoms with E-state index in [9.17, 15) is 4.79 Å². The minimum atomic E-state index is -0.567. The summed E-state index contributed by atoms with van der Waals surface area (Å²) >= 11 is 3.29. The van der Waals surface area contributed by atoms with Crippen LogP contribution >= 0.6 is 15.9 Å². The Bertz CT molecular complexity index is 181. The smallest absolute Gasteiger partial charge is 0.249 e. The topological polar surface area (TPSA) is 52.9 Å². The van der Waals surface area contributed by atoms with Gasteiger partial charge in [0.1, 0.15) is 4.32 Å². The van der Waals surface area contributed by atoms with Crippen LogP contribution in [0.25, 0.3) is 0 Å². The van der Waals surface area contributed by atoms with Gasteiger partial charge < -0.3 is 0 Å². The lowest BCUT2D eigenvalue weighted by molar-refractivity contribution is -0.122. The highest BCUT2D eigenvalue weighted by Crippen LogP contribution is 2.26. The molecule has 0 aromatic carbocycles. The van der Waals surface area contributed by atoms with Crippen molar-refractivity contribution in [1.29, 1.82) is 5.26 Å². The zero-order valence-corrected chi connectivity index (χ0v) is 8.23. The molecule has 62 valence electrons. The molecule has 1 amide bonds. The van der Waals surface area contributed by atoms with E-state index in [1.54, 1.807) is 6.19 Å². The van der Waals surface area contributed by atoms with Crippen LogP contribution in [0.1, 0.15) is 26.7 Å². The van der Waals surface area contributed by atoms with Gasteiger partial charge in [0, 0.05) is 0 Å². The Labute approximate surface area is 74.9 Å². The number of nitrogens with one attached hydrogen (secondary N) is 1. The highest BCUT2D eigenvalue weighted by Gasteiger charge is 2.31. The Kier molecular flexibility index (Phi) is 4.12. The average Bonchev–Trinajstić information content (AvgIpc) is 2.03. The van der Waals surface area contributed by atoms with Crippen LogP contribution in [0.15, 0.2) is 0 Å². The maximum Gasteiger partial charge on any atom is 0.249 e. The summed E-state index contributed by atoms with van der Waals surface area (Å²) in [5.41, 5.74) is 0. The highest BCUT2D eigenvalue weighted by molar-refractivity contribution is 9.10. The van der Waals surface area contributed by atoms with Gasteiger partial charge >= 0.3 is 0 Å². The predicted octanol–water partition coefficient (Wildman–Crippen LogP) is 1.54. The summed E-state index contributed by atoms with van der Waals surface area (Å²) in [6.45, 7) is 3.80. The summed E-state index contributed by atoms with van der Waals surface area (Å²) in [6, 6.07) is 0. The van der Waals surface area contributed by atoms with Crippen molar-refractivity contribution in [2.24, 2.45) is 0 Å². The first-order chi connectivity index (χ1) is 5.10. The molecule has 0 saturated carbocycles. The van der Waals surface area contributed by atoms with Crippen LogP contribution < -0.4 is 5.32 Å². The first kappa shape index (κ1) is 10.4. The van der Waals surface area contributed by atoms with Gasteiger partial charge in [-0.05, 0) is 12.8 Å². The molecule has 0 atom stereocenters. The lowest BCUT2D eigenvalue weighted by Gasteiger charge is -2.20. The van der Waals surface area contributed by atoms with E-state index < -0.39 is 4.32 Å². The molecule has 0 aliphatic rings. The van der Waals surface area contributed by atoms with Crippen molar-refractivity contribution in [1.82, 2.24) is 5.32 Å². The van der Waals surface area contributed by atoms with E-state index in [1.807, 2.05) is 13.8 Å². The second-order valence-electron chi connectivity index (χ2n) is 2.24. The molecular formula is C7H11BrN2O. The van der Waals surface area contributed by atoms with E-state index in [0.717, 1.165) is 0 Å². The molecule has 0 aromatic rings. The van der Waals surface area contributed by atoms with Gasteiger partial charge in [0.05, 0.1) is 0 Å². The van der Waals surface area contributed by atoms with E-state index in [-0.39, 0.29) is 5.91 Å². The number of hydrogen-bond acceptors (Lipinski definition) is 2. The largest absolute Gasteiger partial charge is 0.272 e. The molecule has 0 heterocycles. The SMILES string of the molecule is CCC(Br)(CC)C(=O)NC#N. The van der Waals surface area contributed by atoms with Crippen molar-refractivity contribution in [3.05, 3.63) is 0 Å². The fraction of sp³-hybridized carbons (Fsp3) is 0.714. The third kappa shape index (κ3) is 2.51. The fourth-order valence-electron chi connectivity index (χ4n) is 0.734. The molecule has 0 radical (unpaired) electrons. The normalized spacial score (nSPS) is 10.4. The minimum Gasteiger partial charge on any atom is -0.272 e. The Morgan fingerprint density at radius 1 is 1.64 bits per heavy atom. The van der Waals surface area contributed by atoms with Crippen LogP contribution in [-0.4, -0.2) is 10.2 Å². The van der Waals surface area contributed by atoms with Gasteiger partial charge in [-0.2, -0.15) is 5.26 Å². The van der Waals surface area contributed by atoms with Crippen LogP contribution in [0.4, 0.5) is 0 Å². The molecule has 0 unspecified atom stereocenters. The molecule has 3 nitrogen and oxygen atoms in total. The Morgan fingerprint density at radius 3 is 2.36 bits per heavy atom. The lowest BCUT2D eigenvalue weighted by Crippen LogP contribution is -2.38. The van der Waals surface area contributed by atoms with Crippen LogP contribution in [0.2, 0.25) is 0 Å². The molecule has 0 fully saturated rings. The van der Waals surface area contributed by atoms with Crippen LogP contribution in [-0.2, 0) is 4.79 Å². The number of alkyl halides is 1. The highest BCUT2D eigenvalue weighted by atomic mass is 79.9. The van der Waals surface area contributed by atoms with Crippen LogP contribution in [0.5, 0.6) is 0 Å². The van der Waals surface area contributed by atoms with E-state index >= 15 is 0 Å². The number of hydrogen-bond donors (Lipinski definition) is 1. The number of carbonyl (C=O) groups excluding carboxylic acids is 1. The third-order valence-electron chi connectivity index (χ3n) is 1.70. The van der Waals surface area contributed by atoms with Crippen molar-refractivity contribution in [3.8, 4) is 6.19 Å². The van der Waals surface area contributed by atoms with Gasteiger partial charge in [0.15, 0.2) is 6.19 Å². The molecule has 0 aromatic heterocycles. The number of rotatable bonds is 3. The molecule has 0 aliphatic heterocycles. The number of halogens is 1. The summed E-state index contributed by atoms with van der Waals surface area (Å²) in [6.07, 6.45) is 2.97.